The molecule has 202 valence electrons. The van der Waals surface area contributed by atoms with E-state index in [2.05, 4.69) is 59.3 Å². The van der Waals surface area contributed by atoms with Crippen LogP contribution in [0.1, 0.15) is 13.8 Å². The van der Waals surface area contributed by atoms with Gasteiger partial charge >= 0.3 is 0 Å². The number of ether oxygens (including phenoxy) is 2. The molecule has 9 heteroatoms. The second-order valence-electron chi connectivity index (χ2n) is 10.3. The van der Waals surface area contributed by atoms with Gasteiger partial charge < -0.3 is 30.3 Å². The first-order chi connectivity index (χ1) is 19.0. The van der Waals surface area contributed by atoms with E-state index >= 15 is 0 Å². The molecule has 4 aromatic rings. The van der Waals surface area contributed by atoms with E-state index in [1.165, 1.54) is 0 Å². The number of nitrogens with two attached hydrogens (primary N) is 1. The molecule has 0 spiro atoms. The number of pyridine rings is 1. The summed E-state index contributed by atoms with van der Waals surface area (Å²) in [5.41, 5.74) is 12.4. The summed E-state index contributed by atoms with van der Waals surface area (Å²) in [4.78, 5) is 19.8. The molecule has 2 fully saturated rings. The van der Waals surface area contributed by atoms with Crippen LogP contribution in [0.4, 0.5) is 23.1 Å². The summed E-state index contributed by atoms with van der Waals surface area (Å²) >= 11 is 0. The number of nitrogens with one attached hydrogen (secondary N) is 1. The number of nitrogen functional groups attached to an aromatic ring is 1. The third-order valence-electron chi connectivity index (χ3n) is 7.60. The van der Waals surface area contributed by atoms with Crippen molar-refractivity contribution in [1.29, 1.82) is 0 Å². The molecule has 2 aromatic heterocycles. The number of rotatable bonds is 5. The summed E-state index contributed by atoms with van der Waals surface area (Å²) in [5.74, 6) is 1.61. The fourth-order valence-electron chi connectivity index (χ4n) is 5.38. The zero-order valence-electron chi connectivity index (χ0n) is 22.7. The molecule has 0 unspecified atom stereocenters. The number of hydrogen-bond donors (Lipinski definition) is 2. The van der Waals surface area contributed by atoms with Crippen LogP contribution < -0.4 is 20.9 Å². The standard InChI is InChI=1S/C30H35N7O2/c1-19-17-38-14-12-36(19)29-24-9-11-27(33-28(24)34-30(35-29)37-13-15-39-18-20(37)2)25-16-22(6-10-26(25)32-3)21-4-7-23(31)8-5-21/h4-11,16,19-20,32H,12-15,17-18,31H2,1-3H3/t19-,20-/m0/s1. The van der Waals surface area contributed by atoms with Crippen molar-refractivity contribution >= 4 is 34.2 Å². The SMILES string of the molecule is CNc1ccc(-c2ccc(N)cc2)cc1-c1ccc2c(N3CCOC[C@@H]3C)nc(N3CCOC[C@@H]3C)nc2n1. The number of anilines is 4. The van der Waals surface area contributed by atoms with Gasteiger partial charge in [-0.05, 0) is 61.4 Å². The summed E-state index contributed by atoms with van der Waals surface area (Å²) < 4.78 is 11.4. The minimum absolute atomic E-state index is 0.182. The number of benzene rings is 2. The zero-order valence-corrected chi connectivity index (χ0v) is 22.7. The normalized spacial score (nSPS) is 19.9. The smallest absolute Gasteiger partial charge is 0.229 e. The van der Waals surface area contributed by atoms with Gasteiger partial charge in [0, 0.05) is 37.1 Å². The fraction of sp³-hybridized carbons (Fsp3) is 0.367. The average Bonchev–Trinajstić information content (AvgIpc) is 2.97. The molecule has 0 bridgehead atoms. The third kappa shape index (κ3) is 4.95. The fourth-order valence-corrected chi connectivity index (χ4v) is 5.38. The first-order valence-corrected chi connectivity index (χ1v) is 13.6. The van der Waals surface area contributed by atoms with Crippen LogP contribution in [-0.4, -0.2) is 73.6 Å². The van der Waals surface area contributed by atoms with Gasteiger partial charge in [-0.3, -0.25) is 0 Å². The van der Waals surface area contributed by atoms with Gasteiger partial charge in [0.1, 0.15) is 5.82 Å². The number of hydrogen-bond acceptors (Lipinski definition) is 9. The van der Waals surface area contributed by atoms with E-state index in [-0.39, 0.29) is 12.1 Å². The monoisotopic (exact) mass is 525 g/mol. The lowest BCUT2D eigenvalue weighted by atomic mass is 9.99. The van der Waals surface area contributed by atoms with Crippen LogP contribution in [0, 0.1) is 0 Å². The highest BCUT2D eigenvalue weighted by Crippen LogP contribution is 2.35. The Morgan fingerprint density at radius 3 is 2.21 bits per heavy atom. The first-order valence-electron chi connectivity index (χ1n) is 13.6. The van der Waals surface area contributed by atoms with Crippen molar-refractivity contribution in [3.63, 3.8) is 0 Å². The van der Waals surface area contributed by atoms with E-state index in [0.29, 0.717) is 38.0 Å². The molecule has 39 heavy (non-hydrogen) atoms. The summed E-state index contributed by atoms with van der Waals surface area (Å²) in [6.45, 7) is 8.51. The topological polar surface area (TPSA) is 102 Å². The van der Waals surface area contributed by atoms with Crippen LogP contribution in [0.2, 0.25) is 0 Å². The predicted molar refractivity (Wildman–Crippen MR) is 157 cm³/mol. The maximum atomic E-state index is 5.92. The largest absolute Gasteiger partial charge is 0.399 e. The van der Waals surface area contributed by atoms with Gasteiger partial charge in [0.15, 0.2) is 5.65 Å². The Hall–Kier alpha value is -3.95. The van der Waals surface area contributed by atoms with E-state index in [1.54, 1.807) is 0 Å². The quantitative estimate of drug-likeness (QED) is 0.366. The molecule has 0 amide bonds. The van der Waals surface area contributed by atoms with Crippen LogP contribution >= 0.6 is 0 Å². The van der Waals surface area contributed by atoms with Crippen LogP contribution in [0.25, 0.3) is 33.4 Å². The van der Waals surface area contributed by atoms with E-state index in [4.69, 9.17) is 30.2 Å². The van der Waals surface area contributed by atoms with Crippen molar-refractivity contribution in [2.75, 3.05) is 67.4 Å². The lowest BCUT2D eigenvalue weighted by molar-refractivity contribution is 0.0973. The molecule has 4 heterocycles. The van der Waals surface area contributed by atoms with Gasteiger partial charge in [-0.1, -0.05) is 18.2 Å². The highest BCUT2D eigenvalue weighted by molar-refractivity contribution is 5.91. The summed E-state index contributed by atoms with van der Waals surface area (Å²) in [6, 6.07) is 18.9. The molecular weight excluding hydrogens is 490 g/mol. The molecule has 2 atom stereocenters. The lowest BCUT2D eigenvalue weighted by Gasteiger charge is -2.37. The Balaban J connectivity index is 1.49. The molecule has 0 saturated carbocycles. The Morgan fingerprint density at radius 2 is 1.51 bits per heavy atom. The zero-order chi connectivity index (χ0) is 26.9. The second-order valence-corrected chi connectivity index (χ2v) is 10.3. The Labute approximate surface area is 229 Å². The van der Waals surface area contributed by atoms with Gasteiger partial charge in [0.25, 0.3) is 0 Å². The summed E-state index contributed by atoms with van der Waals surface area (Å²) in [7, 11) is 1.93. The van der Waals surface area contributed by atoms with E-state index in [0.717, 1.165) is 58.1 Å². The van der Waals surface area contributed by atoms with Crippen LogP contribution in [-0.2, 0) is 9.47 Å². The van der Waals surface area contributed by atoms with Crippen LogP contribution in [0.5, 0.6) is 0 Å². The molecule has 0 radical (unpaired) electrons. The first kappa shape index (κ1) is 25.3. The molecule has 2 saturated heterocycles. The second kappa shape index (κ2) is 10.7. The minimum Gasteiger partial charge on any atom is -0.399 e. The lowest BCUT2D eigenvalue weighted by Crippen LogP contribution is -2.46. The van der Waals surface area contributed by atoms with Crippen LogP contribution in [0.15, 0.2) is 54.6 Å². The number of aromatic nitrogens is 3. The molecule has 2 aliphatic rings. The molecular formula is C30H35N7O2. The van der Waals surface area contributed by atoms with Crippen LogP contribution in [0.3, 0.4) is 0 Å². The number of morpholine rings is 2. The number of fused-ring (bicyclic) bond motifs is 1. The average molecular weight is 526 g/mol. The van der Waals surface area contributed by atoms with Crippen molar-refractivity contribution in [3.8, 4) is 22.4 Å². The van der Waals surface area contributed by atoms with Gasteiger partial charge in [-0.15, -0.1) is 0 Å². The van der Waals surface area contributed by atoms with Crippen molar-refractivity contribution < 1.29 is 9.47 Å². The Kier molecular flexibility index (Phi) is 6.93. The molecule has 6 rings (SSSR count). The van der Waals surface area contributed by atoms with Gasteiger partial charge in [0.05, 0.1) is 49.6 Å². The van der Waals surface area contributed by atoms with Crippen molar-refractivity contribution in [1.82, 2.24) is 15.0 Å². The van der Waals surface area contributed by atoms with Gasteiger partial charge in [-0.2, -0.15) is 9.97 Å². The van der Waals surface area contributed by atoms with E-state index < -0.39 is 0 Å². The molecule has 2 aliphatic heterocycles. The predicted octanol–water partition coefficient (Wildman–Crippen LogP) is 4.43. The molecule has 3 N–H and O–H groups in total. The van der Waals surface area contributed by atoms with E-state index in [1.807, 2.05) is 31.3 Å². The minimum atomic E-state index is 0.182. The number of nitrogens with zero attached hydrogens (tertiary/aromatic N) is 5. The van der Waals surface area contributed by atoms with Gasteiger partial charge in [-0.25, -0.2) is 4.98 Å². The van der Waals surface area contributed by atoms with Crippen molar-refractivity contribution in [2.45, 2.75) is 25.9 Å². The molecule has 2 aromatic carbocycles. The van der Waals surface area contributed by atoms with Crippen molar-refractivity contribution in [2.24, 2.45) is 0 Å². The summed E-state index contributed by atoms with van der Waals surface area (Å²) in [5, 5.41) is 4.27. The van der Waals surface area contributed by atoms with Crippen molar-refractivity contribution in [3.05, 3.63) is 54.6 Å². The van der Waals surface area contributed by atoms with E-state index in [9.17, 15) is 0 Å². The molecule has 9 nitrogen and oxygen atoms in total. The maximum Gasteiger partial charge on any atom is 0.229 e. The maximum absolute atomic E-state index is 5.92. The Morgan fingerprint density at radius 1 is 0.821 bits per heavy atom. The highest BCUT2D eigenvalue weighted by Gasteiger charge is 2.27. The Bertz CT molecular complexity index is 1480. The summed E-state index contributed by atoms with van der Waals surface area (Å²) in [6.07, 6.45) is 0. The van der Waals surface area contributed by atoms with Gasteiger partial charge in [0.2, 0.25) is 5.95 Å². The highest BCUT2D eigenvalue weighted by atomic mass is 16.5. The molecule has 0 aliphatic carbocycles. The third-order valence-corrected chi connectivity index (χ3v) is 7.60.